The van der Waals surface area contributed by atoms with Gasteiger partial charge in [-0.1, -0.05) is 12.1 Å². The maximum atomic E-state index is 10.3. The summed E-state index contributed by atoms with van der Waals surface area (Å²) in [6, 6.07) is 7.74. The number of aliphatic hydroxyl groups is 1. The van der Waals surface area contributed by atoms with Gasteiger partial charge in [-0.25, -0.2) is 0 Å². The Hall–Kier alpha value is -1.55. The van der Waals surface area contributed by atoms with Crippen molar-refractivity contribution in [1.29, 1.82) is 0 Å². The van der Waals surface area contributed by atoms with Gasteiger partial charge in [-0.15, -0.1) is 0 Å². The van der Waals surface area contributed by atoms with Crippen LogP contribution in [0.3, 0.4) is 0 Å². The average molecular weight is 238 g/mol. The lowest BCUT2D eigenvalue weighted by Gasteiger charge is -2.08. The first kappa shape index (κ1) is 13.5. The van der Waals surface area contributed by atoms with Crippen LogP contribution in [0.5, 0.6) is 5.75 Å². The molecule has 0 amide bonds. The van der Waals surface area contributed by atoms with Gasteiger partial charge in [0.15, 0.2) is 0 Å². The number of aliphatic carboxylic acids is 1. The zero-order valence-electron chi connectivity index (χ0n) is 9.93. The van der Waals surface area contributed by atoms with Crippen LogP contribution in [0.25, 0.3) is 0 Å². The van der Waals surface area contributed by atoms with Gasteiger partial charge in [-0.3, -0.25) is 4.79 Å². The van der Waals surface area contributed by atoms with E-state index in [2.05, 4.69) is 0 Å². The second-order valence-electron chi connectivity index (χ2n) is 4.00. The third-order valence-corrected chi connectivity index (χ3v) is 2.55. The average Bonchev–Trinajstić information content (AvgIpc) is 2.28. The fourth-order valence-electron chi connectivity index (χ4n) is 1.67. The minimum Gasteiger partial charge on any atom is -0.497 e. The van der Waals surface area contributed by atoms with Gasteiger partial charge in [0.1, 0.15) is 5.75 Å². The zero-order valence-corrected chi connectivity index (χ0v) is 9.93. The van der Waals surface area contributed by atoms with Gasteiger partial charge in [-0.05, 0) is 37.0 Å². The van der Waals surface area contributed by atoms with Crippen molar-refractivity contribution in [3.63, 3.8) is 0 Å². The maximum Gasteiger partial charge on any atom is 0.305 e. The first-order valence-corrected chi connectivity index (χ1v) is 5.64. The minimum absolute atomic E-state index is 0.182. The number of aryl methyl sites for hydroxylation is 1. The molecule has 0 aliphatic heterocycles. The van der Waals surface area contributed by atoms with Crippen molar-refractivity contribution in [3.8, 4) is 5.75 Å². The summed E-state index contributed by atoms with van der Waals surface area (Å²) in [4.78, 5) is 10.3. The molecule has 0 aliphatic rings. The molecule has 94 valence electrons. The van der Waals surface area contributed by atoms with Crippen molar-refractivity contribution in [2.24, 2.45) is 0 Å². The zero-order chi connectivity index (χ0) is 12.7. The van der Waals surface area contributed by atoms with E-state index in [1.54, 1.807) is 7.11 Å². The molecule has 1 aromatic carbocycles. The van der Waals surface area contributed by atoms with E-state index in [1.807, 2.05) is 24.3 Å². The molecule has 2 N–H and O–H groups in total. The Morgan fingerprint density at radius 1 is 1.47 bits per heavy atom. The SMILES string of the molecule is COc1cccc(CCC[C@@H](O)CC(=O)O)c1. The molecule has 0 unspecified atom stereocenters. The number of hydrogen-bond acceptors (Lipinski definition) is 3. The smallest absolute Gasteiger partial charge is 0.305 e. The monoisotopic (exact) mass is 238 g/mol. The van der Waals surface area contributed by atoms with E-state index >= 15 is 0 Å². The fraction of sp³-hybridized carbons (Fsp3) is 0.462. The molecule has 17 heavy (non-hydrogen) atoms. The van der Waals surface area contributed by atoms with E-state index in [1.165, 1.54) is 0 Å². The van der Waals surface area contributed by atoms with Crippen LogP contribution in [0.2, 0.25) is 0 Å². The van der Waals surface area contributed by atoms with Crippen LogP contribution in [0.1, 0.15) is 24.8 Å². The van der Waals surface area contributed by atoms with E-state index in [9.17, 15) is 9.90 Å². The van der Waals surface area contributed by atoms with Crippen molar-refractivity contribution in [2.75, 3.05) is 7.11 Å². The molecular weight excluding hydrogens is 220 g/mol. The largest absolute Gasteiger partial charge is 0.497 e. The number of carboxylic acid groups (broad SMARTS) is 1. The van der Waals surface area contributed by atoms with Gasteiger partial charge in [0.05, 0.1) is 19.6 Å². The topological polar surface area (TPSA) is 66.8 Å². The number of hydrogen-bond donors (Lipinski definition) is 2. The van der Waals surface area contributed by atoms with Crippen LogP contribution in [0.4, 0.5) is 0 Å². The number of aliphatic hydroxyl groups excluding tert-OH is 1. The first-order valence-electron chi connectivity index (χ1n) is 5.64. The number of carbonyl (C=O) groups is 1. The summed E-state index contributed by atoms with van der Waals surface area (Å²) in [5, 5.41) is 17.9. The van der Waals surface area contributed by atoms with Gasteiger partial charge < -0.3 is 14.9 Å². The molecule has 0 aromatic heterocycles. The number of ether oxygens (including phenoxy) is 1. The molecule has 1 rings (SSSR count). The molecule has 0 aliphatic carbocycles. The van der Waals surface area contributed by atoms with Crippen LogP contribution in [-0.4, -0.2) is 29.4 Å². The lowest BCUT2D eigenvalue weighted by atomic mass is 10.0. The Kier molecular flexibility index (Phi) is 5.49. The van der Waals surface area contributed by atoms with Crippen molar-refractivity contribution in [1.82, 2.24) is 0 Å². The Morgan fingerprint density at radius 2 is 2.24 bits per heavy atom. The summed E-state index contributed by atoms with van der Waals surface area (Å²) in [5.41, 5.74) is 1.13. The summed E-state index contributed by atoms with van der Waals surface area (Å²) < 4.78 is 5.11. The Bertz CT molecular complexity index is 362. The maximum absolute atomic E-state index is 10.3. The molecule has 0 fully saturated rings. The van der Waals surface area contributed by atoms with E-state index in [0.29, 0.717) is 6.42 Å². The van der Waals surface area contributed by atoms with E-state index in [-0.39, 0.29) is 6.42 Å². The highest BCUT2D eigenvalue weighted by Crippen LogP contribution is 2.15. The molecule has 4 nitrogen and oxygen atoms in total. The Morgan fingerprint density at radius 3 is 2.88 bits per heavy atom. The molecule has 4 heteroatoms. The quantitative estimate of drug-likeness (QED) is 0.760. The number of benzene rings is 1. The van der Waals surface area contributed by atoms with Crippen LogP contribution < -0.4 is 4.74 Å². The summed E-state index contributed by atoms with van der Waals surface area (Å²) >= 11 is 0. The molecule has 1 atom stereocenters. The number of methoxy groups -OCH3 is 1. The summed E-state index contributed by atoms with van der Waals surface area (Å²) in [7, 11) is 1.62. The fourth-order valence-corrected chi connectivity index (χ4v) is 1.67. The second kappa shape index (κ2) is 6.91. The van der Waals surface area contributed by atoms with Crippen molar-refractivity contribution in [2.45, 2.75) is 31.8 Å². The summed E-state index contributed by atoms with van der Waals surface area (Å²) in [6.07, 6.45) is 1.15. The molecule has 0 saturated carbocycles. The van der Waals surface area contributed by atoms with Crippen LogP contribution in [-0.2, 0) is 11.2 Å². The summed E-state index contributed by atoms with van der Waals surface area (Å²) in [5.74, 6) is -0.146. The van der Waals surface area contributed by atoms with Crippen molar-refractivity contribution < 1.29 is 19.7 Å². The highest BCUT2D eigenvalue weighted by atomic mass is 16.5. The van der Waals surface area contributed by atoms with Gasteiger partial charge in [-0.2, -0.15) is 0 Å². The second-order valence-corrected chi connectivity index (χ2v) is 4.00. The standard InChI is InChI=1S/C13H18O4/c1-17-12-7-3-5-10(8-12)4-2-6-11(14)9-13(15)16/h3,5,7-8,11,14H,2,4,6,9H2,1H3,(H,15,16)/t11-/m1/s1. The van der Waals surface area contributed by atoms with Crippen LogP contribution >= 0.6 is 0 Å². The summed E-state index contributed by atoms with van der Waals surface area (Å²) in [6.45, 7) is 0. The number of carboxylic acids is 1. The Balaban J connectivity index is 2.32. The van der Waals surface area contributed by atoms with E-state index < -0.39 is 12.1 Å². The third-order valence-electron chi connectivity index (χ3n) is 2.55. The molecule has 0 saturated heterocycles. The molecule has 0 radical (unpaired) electrons. The third kappa shape index (κ3) is 5.36. The van der Waals surface area contributed by atoms with E-state index in [0.717, 1.165) is 24.2 Å². The molecule has 1 aromatic rings. The van der Waals surface area contributed by atoms with Gasteiger partial charge in [0.25, 0.3) is 0 Å². The number of rotatable bonds is 7. The molecule has 0 heterocycles. The van der Waals surface area contributed by atoms with Gasteiger partial charge in [0.2, 0.25) is 0 Å². The van der Waals surface area contributed by atoms with E-state index in [4.69, 9.17) is 9.84 Å². The van der Waals surface area contributed by atoms with Crippen molar-refractivity contribution in [3.05, 3.63) is 29.8 Å². The van der Waals surface area contributed by atoms with Crippen LogP contribution in [0.15, 0.2) is 24.3 Å². The predicted molar refractivity (Wildman–Crippen MR) is 64.2 cm³/mol. The molecule has 0 spiro atoms. The van der Waals surface area contributed by atoms with Crippen molar-refractivity contribution >= 4 is 5.97 Å². The Labute approximate surface area is 101 Å². The first-order chi connectivity index (χ1) is 8.11. The molecule has 0 bridgehead atoms. The minimum atomic E-state index is -0.959. The van der Waals surface area contributed by atoms with Gasteiger partial charge in [0, 0.05) is 0 Å². The van der Waals surface area contributed by atoms with Crippen LogP contribution in [0, 0.1) is 0 Å². The highest BCUT2D eigenvalue weighted by Gasteiger charge is 2.08. The normalized spacial score (nSPS) is 12.1. The molecular formula is C13H18O4. The predicted octanol–water partition coefficient (Wildman–Crippen LogP) is 1.85. The lowest BCUT2D eigenvalue weighted by Crippen LogP contribution is -2.12. The lowest BCUT2D eigenvalue weighted by molar-refractivity contribution is -0.139. The highest BCUT2D eigenvalue weighted by molar-refractivity contribution is 5.67. The van der Waals surface area contributed by atoms with Gasteiger partial charge >= 0.3 is 5.97 Å².